The van der Waals surface area contributed by atoms with Gasteiger partial charge in [-0.05, 0) is 53.6 Å². The summed E-state index contributed by atoms with van der Waals surface area (Å²) >= 11 is 0. The van der Waals surface area contributed by atoms with Gasteiger partial charge in [-0.25, -0.2) is 0 Å². The van der Waals surface area contributed by atoms with Crippen LogP contribution in [-0.4, -0.2) is 35.1 Å². The largest absolute Gasteiger partial charge is 0.497 e. The van der Waals surface area contributed by atoms with Crippen LogP contribution in [-0.2, 0) is 13.1 Å². The Kier molecular flexibility index (Phi) is 7.44. The molecular formula is C29H29N7O3. The van der Waals surface area contributed by atoms with E-state index in [0.29, 0.717) is 47.4 Å². The number of rotatable bonds is 10. The SMILES string of the molecule is COc1cc(CNc2nc(NCc3ccc(C(=O)Nc4ccccc4N)cc3)nc3[nH]ccc23)cc(OC)c1. The van der Waals surface area contributed by atoms with Gasteiger partial charge in [-0.3, -0.25) is 4.79 Å². The number of hydrogen-bond acceptors (Lipinski definition) is 8. The zero-order valence-corrected chi connectivity index (χ0v) is 21.6. The summed E-state index contributed by atoms with van der Waals surface area (Å²) in [5, 5.41) is 10.4. The number of benzene rings is 3. The minimum atomic E-state index is -0.225. The number of nitrogens with zero attached hydrogens (tertiary/aromatic N) is 2. The fourth-order valence-corrected chi connectivity index (χ4v) is 4.07. The van der Waals surface area contributed by atoms with Crippen molar-refractivity contribution in [3.05, 3.63) is 95.7 Å². The number of amides is 1. The van der Waals surface area contributed by atoms with E-state index in [0.717, 1.165) is 28.0 Å². The van der Waals surface area contributed by atoms with Crippen LogP contribution < -0.4 is 31.2 Å². The Hall–Kier alpha value is -5.25. The summed E-state index contributed by atoms with van der Waals surface area (Å²) in [6.07, 6.45) is 1.83. The highest BCUT2D eigenvalue weighted by Crippen LogP contribution is 2.25. The molecule has 198 valence electrons. The quantitative estimate of drug-likeness (QED) is 0.161. The molecule has 5 rings (SSSR count). The fraction of sp³-hybridized carbons (Fsp3) is 0.138. The van der Waals surface area contributed by atoms with Gasteiger partial charge in [0.2, 0.25) is 5.95 Å². The first-order chi connectivity index (χ1) is 19.0. The van der Waals surface area contributed by atoms with Gasteiger partial charge < -0.3 is 36.1 Å². The first-order valence-electron chi connectivity index (χ1n) is 12.3. The van der Waals surface area contributed by atoms with E-state index in [2.05, 4.69) is 25.9 Å². The van der Waals surface area contributed by atoms with Gasteiger partial charge in [0.05, 0.1) is 31.0 Å². The van der Waals surface area contributed by atoms with Gasteiger partial charge in [-0.1, -0.05) is 24.3 Å². The second-order valence-electron chi connectivity index (χ2n) is 8.80. The molecule has 0 aliphatic heterocycles. The molecule has 2 aromatic heterocycles. The number of nitrogen functional groups attached to an aromatic ring is 1. The number of fused-ring (bicyclic) bond motifs is 1. The second-order valence-corrected chi connectivity index (χ2v) is 8.80. The Bertz CT molecular complexity index is 1580. The van der Waals surface area contributed by atoms with Crippen LogP contribution in [0.1, 0.15) is 21.5 Å². The second kappa shape index (κ2) is 11.4. The summed E-state index contributed by atoms with van der Waals surface area (Å²) in [6, 6.07) is 22.1. The summed E-state index contributed by atoms with van der Waals surface area (Å²) in [4.78, 5) is 25.0. The molecule has 0 fully saturated rings. The number of ether oxygens (including phenoxy) is 2. The Morgan fingerprint density at radius 3 is 2.31 bits per heavy atom. The number of nitrogens with two attached hydrogens (primary N) is 1. The highest BCUT2D eigenvalue weighted by atomic mass is 16.5. The minimum absolute atomic E-state index is 0.225. The van der Waals surface area contributed by atoms with Crippen molar-refractivity contribution >= 4 is 40.1 Å². The fourth-order valence-electron chi connectivity index (χ4n) is 4.07. The van der Waals surface area contributed by atoms with E-state index in [1.807, 2.05) is 54.7 Å². The van der Waals surface area contributed by atoms with E-state index in [1.54, 1.807) is 38.5 Å². The number of carbonyl (C=O) groups is 1. The van der Waals surface area contributed by atoms with Crippen molar-refractivity contribution in [2.24, 2.45) is 0 Å². The van der Waals surface area contributed by atoms with Gasteiger partial charge >= 0.3 is 0 Å². The molecule has 1 amide bonds. The molecule has 5 aromatic rings. The van der Waals surface area contributed by atoms with Gasteiger partial charge in [-0.15, -0.1) is 0 Å². The molecule has 0 saturated carbocycles. The molecule has 39 heavy (non-hydrogen) atoms. The van der Waals surface area contributed by atoms with Crippen molar-refractivity contribution in [3.63, 3.8) is 0 Å². The zero-order valence-electron chi connectivity index (χ0n) is 21.6. The number of H-pyrrole nitrogens is 1. The van der Waals surface area contributed by atoms with Crippen LogP contribution in [0.15, 0.2) is 79.0 Å². The van der Waals surface area contributed by atoms with E-state index in [9.17, 15) is 4.79 Å². The van der Waals surface area contributed by atoms with Gasteiger partial charge in [0.15, 0.2) is 0 Å². The van der Waals surface area contributed by atoms with Crippen molar-refractivity contribution in [1.82, 2.24) is 15.0 Å². The molecule has 6 N–H and O–H groups in total. The Balaban J connectivity index is 1.25. The predicted molar refractivity (Wildman–Crippen MR) is 153 cm³/mol. The number of para-hydroxylation sites is 2. The average molecular weight is 524 g/mol. The van der Waals surface area contributed by atoms with Crippen LogP contribution in [0, 0.1) is 0 Å². The van der Waals surface area contributed by atoms with E-state index in [1.165, 1.54) is 0 Å². The van der Waals surface area contributed by atoms with E-state index < -0.39 is 0 Å². The standard InChI is InChI=1S/C29H29N7O3/c1-38-21-13-19(14-22(15-21)39-2)17-32-27-23-11-12-31-26(23)35-29(36-27)33-16-18-7-9-20(10-8-18)28(37)34-25-6-4-3-5-24(25)30/h3-15H,16-17,30H2,1-2H3,(H,34,37)(H3,31,32,33,35,36). The molecule has 0 aliphatic carbocycles. The van der Waals surface area contributed by atoms with Gasteiger partial charge in [0.25, 0.3) is 5.91 Å². The van der Waals surface area contributed by atoms with Crippen molar-refractivity contribution in [3.8, 4) is 11.5 Å². The molecule has 0 spiro atoms. The molecule has 0 saturated heterocycles. The third-order valence-electron chi connectivity index (χ3n) is 6.16. The van der Waals surface area contributed by atoms with Gasteiger partial charge in [0.1, 0.15) is 23.0 Å². The van der Waals surface area contributed by atoms with Gasteiger partial charge in [0, 0.05) is 30.9 Å². The molecule has 0 radical (unpaired) electrons. The third-order valence-corrected chi connectivity index (χ3v) is 6.16. The summed E-state index contributed by atoms with van der Waals surface area (Å²) in [7, 11) is 3.25. The maximum Gasteiger partial charge on any atom is 0.255 e. The third kappa shape index (κ3) is 6.02. The van der Waals surface area contributed by atoms with E-state index in [4.69, 9.17) is 20.2 Å². The molecular weight excluding hydrogens is 494 g/mol. The van der Waals surface area contributed by atoms with Crippen LogP contribution in [0.3, 0.4) is 0 Å². The monoisotopic (exact) mass is 523 g/mol. The lowest BCUT2D eigenvalue weighted by Crippen LogP contribution is -2.13. The van der Waals surface area contributed by atoms with Gasteiger partial charge in [-0.2, -0.15) is 9.97 Å². The maximum absolute atomic E-state index is 12.6. The summed E-state index contributed by atoms with van der Waals surface area (Å²) in [5.41, 5.74) is 10.2. The van der Waals surface area contributed by atoms with Crippen molar-refractivity contribution in [2.75, 3.05) is 35.9 Å². The Morgan fingerprint density at radius 2 is 1.59 bits per heavy atom. The number of aromatic nitrogens is 3. The topological polar surface area (TPSA) is 139 Å². The lowest BCUT2D eigenvalue weighted by atomic mass is 10.1. The molecule has 0 unspecified atom stereocenters. The van der Waals surface area contributed by atoms with Crippen LogP contribution in [0.25, 0.3) is 11.0 Å². The molecule has 10 heteroatoms. The molecule has 0 aliphatic rings. The lowest BCUT2D eigenvalue weighted by Gasteiger charge is -2.12. The minimum Gasteiger partial charge on any atom is -0.497 e. The number of carbonyl (C=O) groups excluding carboxylic acids is 1. The summed E-state index contributed by atoms with van der Waals surface area (Å²) < 4.78 is 10.8. The number of hydrogen-bond donors (Lipinski definition) is 5. The Labute approximate surface area is 225 Å². The normalized spacial score (nSPS) is 10.7. The van der Waals surface area contributed by atoms with Crippen molar-refractivity contribution < 1.29 is 14.3 Å². The molecule has 2 heterocycles. The zero-order chi connectivity index (χ0) is 27.2. The smallest absolute Gasteiger partial charge is 0.255 e. The number of anilines is 4. The van der Waals surface area contributed by atoms with E-state index in [-0.39, 0.29) is 5.91 Å². The van der Waals surface area contributed by atoms with Crippen molar-refractivity contribution in [2.45, 2.75) is 13.1 Å². The number of aromatic amines is 1. The van der Waals surface area contributed by atoms with Crippen LogP contribution >= 0.6 is 0 Å². The van der Waals surface area contributed by atoms with E-state index >= 15 is 0 Å². The summed E-state index contributed by atoms with van der Waals surface area (Å²) in [5.74, 6) is 2.37. The lowest BCUT2D eigenvalue weighted by molar-refractivity contribution is 0.102. The maximum atomic E-state index is 12.6. The number of methoxy groups -OCH3 is 2. The van der Waals surface area contributed by atoms with Crippen molar-refractivity contribution in [1.29, 1.82) is 0 Å². The van der Waals surface area contributed by atoms with Crippen LogP contribution in [0.2, 0.25) is 0 Å². The molecule has 0 atom stereocenters. The van der Waals surface area contributed by atoms with Crippen LogP contribution in [0.5, 0.6) is 11.5 Å². The average Bonchev–Trinajstić information content (AvgIpc) is 3.45. The first-order valence-corrected chi connectivity index (χ1v) is 12.3. The molecule has 10 nitrogen and oxygen atoms in total. The number of nitrogens with one attached hydrogen (secondary N) is 4. The molecule has 3 aromatic carbocycles. The summed E-state index contributed by atoms with van der Waals surface area (Å²) in [6.45, 7) is 0.995. The first kappa shape index (κ1) is 25.4. The van der Waals surface area contributed by atoms with Crippen LogP contribution in [0.4, 0.5) is 23.1 Å². The molecule has 0 bridgehead atoms. The highest BCUT2D eigenvalue weighted by molar-refractivity contribution is 6.05. The Morgan fingerprint density at radius 1 is 0.872 bits per heavy atom. The predicted octanol–water partition coefficient (Wildman–Crippen LogP) is 5.03. The highest BCUT2D eigenvalue weighted by Gasteiger charge is 2.11.